The molecule has 44 heavy (non-hydrogen) atoms. The van der Waals surface area contributed by atoms with Gasteiger partial charge >= 0.3 is 0 Å². The minimum Gasteiger partial charge on any atom is -0.497 e. The van der Waals surface area contributed by atoms with E-state index < -0.39 is 36.0 Å². The number of carbonyl (C=O) groups excluding carboxylic acids is 4. The maximum atomic E-state index is 14.4. The lowest BCUT2D eigenvalue weighted by Gasteiger charge is -2.35. The molecular formula is C32H26N4O6S2. The summed E-state index contributed by atoms with van der Waals surface area (Å²) in [7, 11) is 3.11. The van der Waals surface area contributed by atoms with Crippen molar-refractivity contribution in [1.82, 2.24) is 10.0 Å². The van der Waals surface area contributed by atoms with E-state index in [2.05, 4.69) is 0 Å². The Hall–Kier alpha value is -4.36. The van der Waals surface area contributed by atoms with Gasteiger partial charge in [-0.15, -0.1) is 22.7 Å². The van der Waals surface area contributed by atoms with Gasteiger partial charge in [-0.25, -0.2) is 19.8 Å². The monoisotopic (exact) mass is 626 g/mol. The molecule has 2 aromatic heterocycles. The van der Waals surface area contributed by atoms with Gasteiger partial charge in [0, 0.05) is 9.75 Å². The molecule has 0 aliphatic carbocycles. The van der Waals surface area contributed by atoms with Crippen molar-refractivity contribution in [1.29, 1.82) is 0 Å². The molecule has 0 radical (unpaired) electrons. The van der Waals surface area contributed by atoms with Crippen LogP contribution in [0.2, 0.25) is 0 Å². The van der Waals surface area contributed by atoms with Gasteiger partial charge in [0.25, 0.3) is 11.8 Å². The third-order valence-corrected chi connectivity index (χ3v) is 10.9. The van der Waals surface area contributed by atoms with Gasteiger partial charge in [0.15, 0.2) is 0 Å². The fourth-order valence-electron chi connectivity index (χ4n) is 7.28. The van der Waals surface area contributed by atoms with E-state index in [9.17, 15) is 19.2 Å². The first-order valence-electron chi connectivity index (χ1n) is 14.1. The number of hydrogen-bond acceptors (Lipinski definition) is 10. The van der Waals surface area contributed by atoms with Crippen LogP contribution >= 0.6 is 22.7 Å². The second-order valence-electron chi connectivity index (χ2n) is 11.0. The van der Waals surface area contributed by atoms with Crippen molar-refractivity contribution in [3.63, 3.8) is 0 Å². The molecule has 0 bridgehead atoms. The lowest BCUT2D eigenvalue weighted by atomic mass is 9.88. The van der Waals surface area contributed by atoms with E-state index in [1.165, 1.54) is 32.5 Å². The molecule has 6 heterocycles. The van der Waals surface area contributed by atoms with Gasteiger partial charge in [0.2, 0.25) is 11.8 Å². The second-order valence-corrected chi connectivity index (χ2v) is 13.0. The molecule has 4 fully saturated rings. The fraction of sp³-hybridized carbons (Fsp3) is 0.250. The van der Waals surface area contributed by atoms with Crippen LogP contribution in [-0.4, -0.2) is 59.9 Å². The zero-order valence-corrected chi connectivity index (χ0v) is 25.2. The molecule has 222 valence electrons. The summed E-state index contributed by atoms with van der Waals surface area (Å²) in [6.07, 6.45) is 0. The number of carbonyl (C=O) groups is 4. The van der Waals surface area contributed by atoms with Crippen LogP contribution in [0.4, 0.5) is 11.4 Å². The SMILES string of the molecule is COc1ccc(N2C(=O)[C@H]3[C@@H](C2=O)N2[C@@H](c4cccs4)[C@H]4C(=O)N(c5ccc(OC)cc5)C(=O)[C@@H]4N2[C@H]3c2cccs2)cc1. The number of amides is 4. The molecule has 4 aromatic rings. The lowest BCUT2D eigenvalue weighted by molar-refractivity contribution is -0.135. The highest BCUT2D eigenvalue weighted by atomic mass is 32.1. The molecule has 4 amide bonds. The molecule has 2 aromatic carbocycles. The van der Waals surface area contributed by atoms with Crippen molar-refractivity contribution in [2.24, 2.45) is 11.8 Å². The predicted molar refractivity (Wildman–Crippen MR) is 163 cm³/mol. The number of methoxy groups -OCH3 is 2. The van der Waals surface area contributed by atoms with Crippen molar-refractivity contribution in [3.8, 4) is 11.5 Å². The van der Waals surface area contributed by atoms with Crippen LogP contribution in [0.5, 0.6) is 11.5 Å². The van der Waals surface area contributed by atoms with Gasteiger partial charge in [-0.05, 0) is 71.4 Å². The Morgan fingerprint density at radius 3 is 1.23 bits per heavy atom. The Balaban J connectivity index is 1.27. The standard InChI is InChI=1S/C32H26N4O6S2/c1-41-19-11-7-17(8-12-19)33-29(37)23-25(21-5-3-15-43-21)36-28-24(26(22-6-4-16-44-22)35(36)27(23)31(33)39)30(38)34(32(28)40)18-9-13-20(42-2)14-10-18/h3-16,23-28H,1-2H3/t23-,24-,25+,26+,27-,28+/m1/s1. The molecule has 6 atom stereocenters. The average molecular weight is 627 g/mol. The average Bonchev–Trinajstić information content (AvgIpc) is 3.88. The molecule has 0 spiro atoms. The van der Waals surface area contributed by atoms with Gasteiger partial charge in [-0.2, -0.15) is 0 Å². The van der Waals surface area contributed by atoms with E-state index in [4.69, 9.17) is 9.47 Å². The number of ether oxygens (including phenoxy) is 2. The Kier molecular flexibility index (Phi) is 6.24. The number of imide groups is 2. The summed E-state index contributed by atoms with van der Waals surface area (Å²) in [6, 6.07) is 18.3. The van der Waals surface area contributed by atoms with Crippen LogP contribution in [-0.2, 0) is 19.2 Å². The van der Waals surface area contributed by atoms with Crippen LogP contribution in [0.3, 0.4) is 0 Å². The Morgan fingerprint density at radius 2 is 0.909 bits per heavy atom. The van der Waals surface area contributed by atoms with Gasteiger partial charge < -0.3 is 9.47 Å². The Morgan fingerprint density at radius 1 is 0.523 bits per heavy atom. The van der Waals surface area contributed by atoms with Crippen molar-refractivity contribution in [2.75, 3.05) is 24.0 Å². The Labute approximate surface area is 260 Å². The molecule has 12 heteroatoms. The van der Waals surface area contributed by atoms with Gasteiger partial charge in [0.05, 0.1) is 49.5 Å². The first-order chi connectivity index (χ1) is 21.4. The first-order valence-corrected chi connectivity index (χ1v) is 15.9. The molecule has 0 unspecified atom stereocenters. The molecule has 4 aliphatic heterocycles. The van der Waals surface area contributed by atoms with Crippen molar-refractivity contribution >= 4 is 57.7 Å². The molecule has 4 aliphatic rings. The van der Waals surface area contributed by atoms with Crippen LogP contribution < -0.4 is 19.3 Å². The molecule has 4 saturated heterocycles. The predicted octanol–water partition coefficient (Wildman–Crippen LogP) is 4.27. The summed E-state index contributed by atoms with van der Waals surface area (Å²) in [5, 5.41) is 7.62. The van der Waals surface area contributed by atoms with E-state index in [0.29, 0.717) is 22.9 Å². The molecular weight excluding hydrogens is 601 g/mol. The van der Waals surface area contributed by atoms with Crippen LogP contribution in [0.25, 0.3) is 0 Å². The number of benzene rings is 2. The highest BCUT2D eigenvalue weighted by Crippen LogP contribution is 2.60. The summed E-state index contributed by atoms with van der Waals surface area (Å²) < 4.78 is 10.6. The van der Waals surface area contributed by atoms with Gasteiger partial charge in [-0.3, -0.25) is 19.2 Å². The number of thiophene rings is 2. The summed E-state index contributed by atoms with van der Waals surface area (Å²) >= 11 is 2.94. The van der Waals surface area contributed by atoms with Gasteiger partial charge in [0.1, 0.15) is 23.6 Å². The van der Waals surface area contributed by atoms with E-state index in [1.54, 1.807) is 62.8 Å². The smallest absolute Gasteiger partial charge is 0.253 e. The van der Waals surface area contributed by atoms with Crippen molar-refractivity contribution in [3.05, 3.63) is 93.3 Å². The normalized spacial score (nSPS) is 28.1. The molecule has 0 N–H and O–H groups in total. The molecule has 10 nitrogen and oxygen atoms in total. The summed E-state index contributed by atoms with van der Waals surface area (Å²) in [4.78, 5) is 61.6. The number of fused-ring (bicyclic) bond motifs is 5. The van der Waals surface area contributed by atoms with E-state index in [0.717, 1.165) is 9.75 Å². The molecule has 0 saturated carbocycles. The second kappa shape index (κ2) is 10.1. The number of anilines is 2. The zero-order valence-electron chi connectivity index (χ0n) is 23.6. The number of rotatable bonds is 6. The summed E-state index contributed by atoms with van der Waals surface area (Å²) in [5.41, 5.74) is 0.910. The van der Waals surface area contributed by atoms with Crippen molar-refractivity contribution < 1.29 is 28.7 Å². The van der Waals surface area contributed by atoms with Crippen LogP contribution in [0.1, 0.15) is 21.8 Å². The first kappa shape index (κ1) is 27.2. The summed E-state index contributed by atoms with van der Waals surface area (Å²) in [5.74, 6) is -1.73. The van der Waals surface area contributed by atoms with Crippen LogP contribution in [0, 0.1) is 11.8 Å². The van der Waals surface area contributed by atoms with E-state index in [1.807, 2.05) is 45.0 Å². The fourth-order valence-corrected chi connectivity index (χ4v) is 9.01. The number of hydrazine groups is 1. The topological polar surface area (TPSA) is 99.7 Å². The van der Waals surface area contributed by atoms with E-state index >= 15 is 0 Å². The number of nitrogens with zero attached hydrogens (tertiary/aromatic N) is 4. The van der Waals surface area contributed by atoms with Crippen LogP contribution in [0.15, 0.2) is 83.6 Å². The van der Waals surface area contributed by atoms with Gasteiger partial charge in [-0.1, -0.05) is 12.1 Å². The highest BCUT2D eigenvalue weighted by Gasteiger charge is 2.74. The maximum Gasteiger partial charge on any atom is 0.253 e. The minimum absolute atomic E-state index is 0.330. The quantitative estimate of drug-likeness (QED) is 0.293. The zero-order chi connectivity index (χ0) is 30.3. The maximum absolute atomic E-state index is 14.4. The third-order valence-electron chi connectivity index (χ3n) is 9.06. The molecule has 8 rings (SSSR count). The van der Waals surface area contributed by atoms with E-state index in [-0.39, 0.29) is 23.6 Å². The largest absolute Gasteiger partial charge is 0.497 e. The number of hydrogen-bond donors (Lipinski definition) is 0. The highest BCUT2D eigenvalue weighted by molar-refractivity contribution is 7.10. The lowest BCUT2D eigenvalue weighted by Crippen LogP contribution is -2.50. The van der Waals surface area contributed by atoms with Crippen molar-refractivity contribution in [2.45, 2.75) is 24.2 Å². The summed E-state index contributed by atoms with van der Waals surface area (Å²) in [6.45, 7) is 0. The third kappa shape index (κ3) is 3.65. The minimum atomic E-state index is -0.885. The Bertz CT molecular complexity index is 1640.